The average molecular weight is 394 g/mol. The van der Waals surface area contributed by atoms with E-state index in [1.807, 2.05) is 0 Å². The van der Waals surface area contributed by atoms with Gasteiger partial charge in [-0.05, 0) is 51.3 Å². The van der Waals surface area contributed by atoms with Crippen LogP contribution < -0.4 is 10.6 Å². The van der Waals surface area contributed by atoms with Crippen molar-refractivity contribution in [1.29, 1.82) is 0 Å². The zero-order chi connectivity index (χ0) is 19.4. The molecule has 0 spiro atoms. The maximum Gasteiger partial charge on any atom is 0.243 e. The number of carbonyl (C=O) groups excluding carboxylic acids is 2. The van der Waals surface area contributed by atoms with Gasteiger partial charge >= 0.3 is 0 Å². The van der Waals surface area contributed by atoms with Gasteiger partial charge in [0.25, 0.3) is 0 Å². The molecule has 2 aliphatic rings. The quantitative estimate of drug-likeness (QED) is 0.735. The van der Waals surface area contributed by atoms with Crippen LogP contribution in [0.1, 0.15) is 49.4 Å². The summed E-state index contributed by atoms with van der Waals surface area (Å²) >= 11 is 0. The number of rotatable bonds is 5. The van der Waals surface area contributed by atoms with Crippen LogP contribution in [0.25, 0.3) is 0 Å². The molecule has 1 aromatic carbocycles. The third kappa shape index (κ3) is 4.56. The Morgan fingerprint density at radius 1 is 1.11 bits per heavy atom. The van der Waals surface area contributed by atoms with Crippen molar-refractivity contribution in [1.82, 2.24) is 14.9 Å². The molecule has 2 aliphatic heterocycles. The normalized spacial score (nSPS) is 24.3. The summed E-state index contributed by atoms with van der Waals surface area (Å²) in [6.07, 6.45) is 4.00. The molecule has 2 fully saturated rings. The van der Waals surface area contributed by atoms with Crippen LogP contribution >= 0.6 is 0 Å². The fourth-order valence-electron chi connectivity index (χ4n) is 3.72. The molecule has 2 atom stereocenters. The number of nitrogens with zero attached hydrogens (tertiary/aromatic N) is 1. The van der Waals surface area contributed by atoms with E-state index in [9.17, 15) is 18.0 Å². The van der Waals surface area contributed by atoms with Gasteiger partial charge in [-0.15, -0.1) is 0 Å². The lowest BCUT2D eigenvalue weighted by atomic mass is 10.0. The van der Waals surface area contributed by atoms with E-state index in [0.29, 0.717) is 18.5 Å². The van der Waals surface area contributed by atoms with E-state index in [4.69, 9.17) is 0 Å². The Bertz CT molecular complexity index is 786. The van der Waals surface area contributed by atoms with Crippen LogP contribution in [0, 0.1) is 0 Å². The molecule has 2 N–H and O–H groups in total. The Labute approximate surface area is 160 Å². The van der Waals surface area contributed by atoms with Gasteiger partial charge in [0.2, 0.25) is 15.9 Å². The first-order valence-corrected chi connectivity index (χ1v) is 11.0. The molecule has 27 heavy (non-hydrogen) atoms. The number of Topliss-reactive ketones (excluding diaryl/α,β-unsaturated/α-hetero) is 1. The molecule has 7 nitrogen and oxygen atoms in total. The molecular weight excluding hydrogens is 366 g/mol. The van der Waals surface area contributed by atoms with Crippen LogP contribution in [-0.2, 0) is 14.8 Å². The maximum atomic E-state index is 13.1. The fourth-order valence-corrected chi connectivity index (χ4v) is 5.38. The standard InChI is InChI=1S/C19H27N3O4S/c1-14(23)15-7-9-17(10-8-15)27(25,26)22-12-3-2-6-18(22)19(24)21-16-5-4-11-20-13-16/h7-10,16,18,20H,2-6,11-13H2,1H3,(H,21,24)/t16-,18?/m0/s1. The summed E-state index contributed by atoms with van der Waals surface area (Å²) < 4.78 is 27.6. The predicted octanol–water partition coefficient (Wildman–Crippen LogP) is 1.30. The molecular formula is C19H27N3O4S. The molecule has 0 aliphatic carbocycles. The zero-order valence-corrected chi connectivity index (χ0v) is 16.4. The molecule has 2 saturated heterocycles. The van der Waals surface area contributed by atoms with E-state index in [2.05, 4.69) is 10.6 Å². The lowest BCUT2D eigenvalue weighted by Gasteiger charge is -2.35. The summed E-state index contributed by atoms with van der Waals surface area (Å²) in [4.78, 5) is 24.3. The van der Waals surface area contributed by atoms with Crippen LogP contribution in [0.15, 0.2) is 29.2 Å². The third-order valence-corrected chi connectivity index (χ3v) is 7.19. The smallest absolute Gasteiger partial charge is 0.243 e. The largest absolute Gasteiger partial charge is 0.351 e. The second-order valence-corrected chi connectivity index (χ2v) is 9.15. The van der Waals surface area contributed by atoms with Gasteiger partial charge in [0, 0.05) is 24.7 Å². The molecule has 8 heteroatoms. The number of ketones is 1. The molecule has 0 aromatic heterocycles. The highest BCUT2D eigenvalue weighted by molar-refractivity contribution is 7.89. The minimum absolute atomic E-state index is 0.0487. The highest BCUT2D eigenvalue weighted by Gasteiger charge is 2.38. The van der Waals surface area contributed by atoms with Gasteiger partial charge in [0.05, 0.1) is 4.90 Å². The van der Waals surface area contributed by atoms with Gasteiger partial charge < -0.3 is 10.6 Å². The number of hydrogen-bond donors (Lipinski definition) is 2. The van der Waals surface area contributed by atoms with Gasteiger partial charge in [0.1, 0.15) is 6.04 Å². The lowest BCUT2D eigenvalue weighted by Crippen LogP contribution is -2.55. The van der Waals surface area contributed by atoms with Gasteiger partial charge in [-0.3, -0.25) is 9.59 Å². The van der Waals surface area contributed by atoms with Crippen LogP contribution in [-0.4, -0.2) is 56.1 Å². The Morgan fingerprint density at radius 3 is 2.48 bits per heavy atom. The van der Waals surface area contributed by atoms with Crippen molar-refractivity contribution in [2.45, 2.75) is 56.0 Å². The summed E-state index contributed by atoms with van der Waals surface area (Å²) in [7, 11) is -3.79. The SMILES string of the molecule is CC(=O)c1ccc(S(=O)(=O)N2CCCCC2C(=O)N[C@H]2CCCNC2)cc1. The van der Waals surface area contributed by atoms with Crippen LogP contribution in [0.5, 0.6) is 0 Å². The van der Waals surface area contributed by atoms with Crippen molar-refractivity contribution in [3.63, 3.8) is 0 Å². The molecule has 0 saturated carbocycles. The fraction of sp³-hybridized carbons (Fsp3) is 0.579. The van der Waals surface area contributed by atoms with E-state index in [-0.39, 0.29) is 22.6 Å². The maximum absolute atomic E-state index is 13.1. The predicted molar refractivity (Wildman–Crippen MR) is 102 cm³/mol. The van der Waals surface area contributed by atoms with Crippen molar-refractivity contribution in [2.24, 2.45) is 0 Å². The van der Waals surface area contributed by atoms with E-state index in [0.717, 1.165) is 38.8 Å². The Kier molecular flexibility index (Phi) is 6.29. The van der Waals surface area contributed by atoms with Crippen LogP contribution in [0.2, 0.25) is 0 Å². The minimum atomic E-state index is -3.79. The van der Waals surface area contributed by atoms with Crippen molar-refractivity contribution in [3.8, 4) is 0 Å². The lowest BCUT2D eigenvalue weighted by molar-refractivity contribution is -0.126. The van der Waals surface area contributed by atoms with Gasteiger partial charge in [-0.25, -0.2) is 8.42 Å². The molecule has 0 bridgehead atoms. The first-order valence-electron chi connectivity index (χ1n) is 9.53. The first-order chi connectivity index (χ1) is 12.9. The molecule has 1 amide bonds. The third-order valence-electron chi connectivity index (χ3n) is 5.27. The summed E-state index contributed by atoms with van der Waals surface area (Å²) in [5, 5.41) is 6.26. The second-order valence-electron chi connectivity index (χ2n) is 7.26. The van der Waals surface area contributed by atoms with E-state index in [1.165, 1.54) is 35.5 Å². The van der Waals surface area contributed by atoms with Gasteiger partial charge in [-0.1, -0.05) is 18.6 Å². The molecule has 3 rings (SSSR count). The Hall–Kier alpha value is -1.77. The molecule has 1 aromatic rings. The van der Waals surface area contributed by atoms with Gasteiger partial charge in [0.15, 0.2) is 5.78 Å². The topological polar surface area (TPSA) is 95.6 Å². The van der Waals surface area contributed by atoms with Crippen molar-refractivity contribution >= 4 is 21.7 Å². The number of sulfonamides is 1. The van der Waals surface area contributed by atoms with Crippen molar-refractivity contribution in [2.75, 3.05) is 19.6 Å². The minimum Gasteiger partial charge on any atom is -0.351 e. The van der Waals surface area contributed by atoms with Crippen LogP contribution in [0.3, 0.4) is 0 Å². The number of nitrogens with one attached hydrogen (secondary N) is 2. The number of hydrogen-bond acceptors (Lipinski definition) is 5. The van der Waals surface area contributed by atoms with Crippen molar-refractivity contribution < 1.29 is 18.0 Å². The monoisotopic (exact) mass is 393 g/mol. The molecule has 1 unspecified atom stereocenters. The summed E-state index contributed by atoms with van der Waals surface area (Å²) in [5.74, 6) is -0.331. The summed E-state index contributed by atoms with van der Waals surface area (Å²) in [6, 6.07) is 5.29. The number of benzene rings is 1. The first kappa shape index (κ1) is 20.0. The van der Waals surface area contributed by atoms with Gasteiger partial charge in [-0.2, -0.15) is 4.31 Å². The molecule has 148 valence electrons. The Balaban J connectivity index is 1.78. The average Bonchev–Trinajstić information content (AvgIpc) is 2.69. The Morgan fingerprint density at radius 2 is 1.85 bits per heavy atom. The van der Waals surface area contributed by atoms with E-state index in [1.54, 1.807) is 0 Å². The summed E-state index contributed by atoms with van der Waals surface area (Å²) in [5.41, 5.74) is 0.465. The number of piperidine rings is 2. The highest BCUT2D eigenvalue weighted by atomic mass is 32.2. The van der Waals surface area contributed by atoms with Crippen LogP contribution in [0.4, 0.5) is 0 Å². The van der Waals surface area contributed by atoms with Crippen molar-refractivity contribution in [3.05, 3.63) is 29.8 Å². The van der Waals surface area contributed by atoms with E-state index < -0.39 is 16.1 Å². The summed E-state index contributed by atoms with van der Waals surface area (Å²) in [6.45, 7) is 3.44. The highest BCUT2D eigenvalue weighted by Crippen LogP contribution is 2.26. The molecule has 0 radical (unpaired) electrons. The number of carbonyl (C=O) groups is 2. The van der Waals surface area contributed by atoms with E-state index >= 15 is 0 Å². The second kappa shape index (κ2) is 8.50. The zero-order valence-electron chi connectivity index (χ0n) is 15.6. The number of amides is 1. The molecule has 2 heterocycles.